The first-order valence-corrected chi connectivity index (χ1v) is 11.7. The Hall–Kier alpha value is -2.74. The van der Waals surface area contributed by atoms with E-state index in [4.69, 9.17) is 9.15 Å². The molecule has 0 radical (unpaired) electrons. The molecule has 1 aromatic heterocycles. The number of ether oxygens (including phenoxy) is 1. The summed E-state index contributed by atoms with van der Waals surface area (Å²) < 4.78 is 25.0. The van der Waals surface area contributed by atoms with Crippen LogP contribution in [0.2, 0.25) is 0 Å². The first kappa shape index (κ1) is 24.9. The first-order chi connectivity index (χ1) is 15.8. The number of halogens is 1. The molecule has 180 valence electrons. The van der Waals surface area contributed by atoms with Crippen molar-refractivity contribution in [2.75, 3.05) is 19.7 Å². The fourth-order valence-electron chi connectivity index (χ4n) is 4.01. The van der Waals surface area contributed by atoms with Crippen molar-refractivity contribution >= 4 is 11.9 Å². The normalized spacial score (nSPS) is 15.8. The Labute approximate surface area is 194 Å². The lowest BCUT2D eigenvalue weighted by molar-refractivity contribution is -0.149. The SMILES string of the molecule is CCOC(=O)C1CCN(C(=O)c2coc(CN(Cc3ccccc3F)C(C)C(C)C)n2)CC1. The van der Waals surface area contributed by atoms with Crippen LogP contribution in [0.15, 0.2) is 34.9 Å². The van der Waals surface area contributed by atoms with E-state index >= 15 is 0 Å². The zero-order valence-electron chi connectivity index (χ0n) is 19.9. The molecular formula is C25H34FN3O4. The molecule has 3 rings (SSSR count). The highest BCUT2D eigenvalue weighted by Crippen LogP contribution is 2.22. The number of benzene rings is 1. The highest BCUT2D eigenvalue weighted by atomic mass is 19.1. The number of esters is 1. The summed E-state index contributed by atoms with van der Waals surface area (Å²) in [5.74, 6) is -0.0381. The standard InChI is InChI=1S/C25H34FN3O4/c1-5-32-25(31)19-10-12-28(13-11-19)24(30)22-16-33-23(27-22)15-29(18(4)17(2)3)14-20-8-6-7-9-21(20)26/h6-9,16-19H,5,10-15H2,1-4H3. The van der Waals surface area contributed by atoms with Crippen LogP contribution in [0.4, 0.5) is 4.39 Å². The Bertz CT molecular complexity index is 937. The predicted molar refractivity (Wildman–Crippen MR) is 122 cm³/mol. The largest absolute Gasteiger partial charge is 0.466 e. The summed E-state index contributed by atoms with van der Waals surface area (Å²) in [4.78, 5) is 33.1. The van der Waals surface area contributed by atoms with Gasteiger partial charge in [0.15, 0.2) is 5.69 Å². The maximum Gasteiger partial charge on any atom is 0.309 e. The maximum atomic E-state index is 14.2. The van der Waals surface area contributed by atoms with Gasteiger partial charge in [-0.1, -0.05) is 32.0 Å². The molecule has 0 bridgehead atoms. The van der Waals surface area contributed by atoms with E-state index in [1.807, 2.05) is 6.07 Å². The highest BCUT2D eigenvalue weighted by molar-refractivity contribution is 5.92. The fraction of sp³-hybridized carbons (Fsp3) is 0.560. The third-order valence-electron chi connectivity index (χ3n) is 6.38. The molecule has 0 aliphatic carbocycles. The summed E-state index contributed by atoms with van der Waals surface area (Å²) >= 11 is 0. The van der Waals surface area contributed by atoms with Crippen LogP contribution in [0.25, 0.3) is 0 Å². The van der Waals surface area contributed by atoms with Crippen LogP contribution in [0.3, 0.4) is 0 Å². The molecule has 2 aromatic rings. The molecule has 8 heteroatoms. The van der Waals surface area contributed by atoms with Crippen LogP contribution >= 0.6 is 0 Å². The van der Waals surface area contributed by atoms with Crippen LogP contribution < -0.4 is 0 Å². The number of rotatable bonds is 9. The summed E-state index contributed by atoms with van der Waals surface area (Å²) in [6, 6.07) is 6.89. The summed E-state index contributed by atoms with van der Waals surface area (Å²) in [6.45, 7) is 10.2. The number of carbonyl (C=O) groups is 2. The molecule has 7 nitrogen and oxygen atoms in total. The second-order valence-corrected chi connectivity index (χ2v) is 8.93. The Balaban J connectivity index is 1.64. The highest BCUT2D eigenvalue weighted by Gasteiger charge is 2.30. The zero-order valence-corrected chi connectivity index (χ0v) is 19.9. The molecule has 1 atom stereocenters. The van der Waals surface area contributed by atoms with Crippen molar-refractivity contribution in [2.24, 2.45) is 11.8 Å². The zero-order chi connectivity index (χ0) is 24.0. The van der Waals surface area contributed by atoms with E-state index in [9.17, 15) is 14.0 Å². The average molecular weight is 460 g/mol. The van der Waals surface area contributed by atoms with Crippen molar-refractivity contribution in [1.82, 2.24) is 14.8 Å². The third-order valence-corrected chi connectivity index (χ3v) is 6.38. The molecule has 33 heavy (non-hydrogen) atoms. The van der Waals surface area contributed by atoms with Crippen LogP contribution in [-0.4, -0.2) is 52.4 Å². The van der Waals surface area contributed by atoms with E-state index in [0.29, 0.717) is 63.0 Å². The molecule has 1 amide bonds. The Morgan fingerprint density at radius 1 is 1.21 bits per heavy atom. The van der Waals surface area contributed by atoms with Gasteiger partial charge in [0, 0.05) is 31.2 Å². The number of amides is 1. The van der Waals surface area contributed by atoms with Crippen molar-refractivity contribution in [3.63, 3.8) is 0 Å². The lowest BCUT2D eigenvalue weighted by Gasteiger charge is -2.31. The molecule has 1 saturated heterocycles. The second kappa shape index (κ2) is 11.4. The molecule has 1 aromatic carbocycles. The Morgan fingerprint density at radius 2 is 1.91 bits per heavy atom. The lowest BCUT2D eigenvalue weighted by atomic mass is 9.97. The van der Waals surface area contributed by atoms with E-state index in [-0.39, 0.29) is 35.3 Å². The minimum absolute atomic E-state index is 0.151. The number of nitrogens with zero attached hydrogens (tertiary/aromatic N) is 3. The van der Waals surface area contributed by atoms with Crippen molar-refractivity contribution in [3.05, 3.63) is 53.5 Å². The van der Waals surface area contributed by atoms with E-state index < -0.39 is 0 Å². The van der Waals surface area contributed by atoms with Crippen LogP contribution in [0.5, 0.6) is 0 Å². The summed E-state index contributed by atoms with van der Waals surface area (Å²) in [5.41, 5.74) is 0.861. The molecule has 0 saturated carbocycles. The van der Waals surface area contributed by atoms with Gasteiger partial charge in [0.25, 0.3) is 5.91 Å². The molecule has 0 spiro atoms. The van der Waals surface area contributed by atoms with E-state index in [0.717, 1.165) is 0 Å². The van der Waals surface area contributed by atoms with E-state index in [1.54, 1.807) is 24.0 Å². The van der Waals surface area contributed by atoms with Gasteiger partial charge in [0.05, 0.1) is 19.1 Å². The summed E-state index contributed by atoms with van der Waals surface area (Å²) in [5, 5.41) is 0. The number of likely N-dealkylation sites (tertiary alicyclic amines) is 1. The number of piperidine rings is 1. The maximum absolute atomic E-state index is 14.2. The summed E-state index contributed by atoms with van der Waals surface area (Å²) in [7, 11) is 0. The predicted octanol–water partition coefficient (Wildman–Crippen LogP) is 4.28. The molecule has 1 aliphatic heterocycles. The molecule has 1 unspecified atom stereocenters. The van der Waals surface area contributed by atoms with Gasteiger partial charge >= 0.3 is 5.97 Å². The van der Waals surface area contributed by atoms with Crippen molar-refractivity contribution in [1.29, 1.82) is 0 Å². The fourth-order valence-corrected chi connectivity index (χ4v) is 4.01. The number of hydrogen-bond donors (Lipinski definition) is 0. The van der Waals surface area contributed by atoms with E-state index in [1.165, 1.54) is 12.3 Å². The van der Waals surface area contributed by atoms with Crippen LogP contribution in [0, 0.1) is 17.7 Å². The number of carbonyl (C=O) groups excluding carboxylic acids is 2. The average Bonchev–Trinajstić information content (AvgIpc) is 3.27. The van der Waals surface area contributed by atoms with Crippen molar-refractivity contribution in [2.45, 2.75) is 59.7 Å². The van der Waals surface area contributed by atoms with Gasteiger partial charge in [-0.15, -0.1) is 0 Å². The van der Waals surface area contributed by atoms with Crippen molar-refractivity contribution < 1.29 is 23.1 Å². The quantitative estimate of drug-likeness (QED) is 0.521. The van der Waals surface area contributed by atoms with Crippen LogP contribution in [-0.2, 0) is 22.6 Å². The van der Waals surface area contributed by atoms with Crippen LogP contribution in [0.1, 0.15) is 62.5 Å². The third kappa shape index (κ3) is 6.41. The van der Waals surface area contributed by atoms with Gasteiger partial charge < -0.3 is 14.1 Å². The molecule has 1 fully saturated rings. The number of hydrogen-bond acceptors (Lipinski definition) is 6. The molecule has 0 N–H and O–H groups in total. The van der Waals surface area contributed by atoms with Gasteiger partial charge in [0.1, 0.15) is 12.1 Å². The van der Waals surface area contributed by atoms with E-state index in [2.05, 4.69) is 30.7 Å². The summed E-state index contributed by atoms with van der Waals surface area (Å²) in [6.07, 6.45) is 2.55. The smallest absolute Gasteiger partial charge is 0.309 e. The van der Waals surface area contributed by atoms with Crippen molar-refractivity contribution in [3.8, 4) is 0 Å². The Kier molecular flexibility index (Phi) is 8.61. The van der Waals surface area contributed by atoms with Gasteiger partial charge in [0.2, 0.25) is 5.89 Å². The van der Waals surface area contributed by atoms with Gasteiger partial charge in [-0.25, -0.2) is 9.37 Å². The number of oxazole rings is 1. The molecule has 1 aliphatic rings. The lowest BCUT2D eigenvalue weighted by Crippen LogP contribution is -2.40. The van der Waals surface area contributed by atoms with Gasteiger partial charge in [-0.2, -0.15) is 0 Å². The monoisotopic (exact) mass is 459 g/mol. The molecule has 2 heterocycles. The first-order valence-electron chi connectivity index (χ1n) is 11.7. The minimum Gasteiger partial charge on any atom is -0.466 e. The van der Waals surface area contributed by atoms with Gasteiger partial charge in [-0.05, 0) is 38.7 Å². The minimum atomic E-state index is -0.243. The number of aromatic nitrogens is 1. The topological polar surface area (TPSA) is 75.9 Å². The molecular weight excluding hydrogens is 425 g/mol. The Morgan fingerprint density at radius 3 is 2.55 bits per heavy atom. The second-order valence-electron chi connectivity index (χ2n) is 8.93. The van der Waals surface area contributed by atoms with Gasteiger partial charge in [-0.3, -0.25) is 14.5 Å².